The van der Waals surface area contributed by atoms with Crippen molar-refractivity contribution < 1.29 is 4.79 Å². The van der Waals surface area contributed by atoms with Crippen molar-refractivity contribution in [2.45, 2.75) is 13.5 Å². The van der Waals surface area contributed by atoms with Gasteiger partial charge < -0.3 is 4.90 Å². The van der Waals surface area contributed by atoms with Gasteiger partial charge in [-0.25, -0.2) is 4.98 Å². The Morgan fingerprint density at radius 1 is 0.969 bits per heavy atom. The van der Waals surface area contributed by atoms with Crippen molar-refractivity contribution in [2.24, 2.45) is 0 Å². The average molecular weight is 533 g/mol. The van der Waals surface area contributed by atoms with E-state index in [1.807, 2.05) is 79.7 Å². The van der Waals surface area contributed by atoms with Crippen LogP contribution >= 0.6 is 22.6 Å². The van der Waals surface area contributed by atoms with Gasteiger partial charge in [0, 0.05) is 15.7 Å². The highest BCUT2D eigenvalue weighted by Gasteiger charge is 2.31. The highest BCUT2D eigenvalue weighted by Crippen LogP contribution is 2.37. The number of hydrogen-bond donors (Lipinski definition) is 0. The van der Waals surface area contributed by atoms with Crippen molar-refractivity contribution in [1.29, 1.82) is 0 Å². The maximum absolute atomic E-state index is 13.5. The van der Waals surface area contributed by atoms with Crippen LogP contribution in [0.25, 0.3) is 22.6 Å². The van der Waals surface area contributed by atoms with Crippen molar-refractivity contribution >= 4 is 56.7 Å². The number of nitrogens with zero attached hydrogens (tertiary/aromatic N) is 3. The second-order valence-corrected chi connectivity index (χ2v) is 8.88. The molecule has 0 fully saturated rings. The fourth-order valence-corrected chi connectivity index (χ4v) is 4.62. The molecular weight excluding hydrogens is 513 g/mol. The van der Waals surface area contributed by atoms with Crippen LogP contribution in [0.1, 0.15) is 23.9 Å². The standard InChI is InChI=1S/C26H20IN3O2/c1-2-29-23-11-7-6-10-19(23)20(25(29)31)15-24-28-22-13-12-18(27)14-21(22)26(32)30(24)16-17-8-4-3-5-9-17/h3-15H,2,16H2,1H3. The zero-order chi connectivity index (χ0) is 22.2. The Balaban J connectivity index is 1.75. The summed E-state index contributed by atoms with van der Waals surface area (Å²) >= 11 is 2.20. The van der Waals surface area contributed by atoms with Gasteiger partial charge in [-0.05, 0) is 65.4 Å². The monoisotopic (exact) mass is 533 g/mol. The first-order valence-electron chi connectivity index (χ1n) is 10.4. The van der Waals surface area contributed by atoms with Crippen LogP contribution in [0.5, 0.6) is 0 Å². The lowest BCUT2D eigenvalue weighted by atomic mass is 10.1. The summed E-state index contributed by atoms with van der Waals surface area (Å²) in [5.41, 5.74) is 3.81. The lowest BCUT2D eigenvalue weighted by Crippen LogP contribution is -2.26. The zero-order valence-electron chi connectivity index (χ0n) is 17.5. The molecule has 0 saturated heterocycles. The van der Waals surface area contributed by atoms with Crippen LogP contribution in [-0.4, -0.2) is 22.0 Å². The normalized spacial score (nSPS) is 14.4. The number of likely N-dealkylation sites (N-methyl/N-ethyl adjacent to an activating group) is 1. The van der Waals surface area contributed by atoms with E-state index in [9.17, 15) is 9.59 Å². The Hall–Kier alpha value is -3.26. The van der Waals surface area contributed by atoms with Gasteiger partial charge in [0.05, 0.1) is 28.7 Å². The van der Waals surface area contributed by atoms with Crippen molar-refractivity contribution in [2.75, 3.05) is 11.4 Å². The summed E-state index contributed by atoms with van der Waals surface area (Å²) in [6.07, 6.45) is 1.76. The number of aromatic nitrogens is 2. The van der Waals surface area contributed by atoms with E-state index in [2.05, 4.69) is 22.6 Å². The van der Waals surface area contributed by atoms with Crippen molar-refractivity contribution in [3.05, 3.63) is 104 Å². The molecule has 1 amide bonds. The smallest absolute Gasteiger partial charge is 0.261 e. The van der Waals surface area contributed by atoms with Gasteiger partial charge in [0.25, 0.3) is 11.5 Å². The van der Waals surface area contributed by atoms with E-state index < -0.39 is 0 Å². The Labute approximate surface area is 199 Å². The van der Waals surface area contributed by atoms with Gasteiger partial charge in [0.15, 0.2) is 0 Å². The number of para-hydroxylation sites is 1. The second-order valence-electron chi connectivity index (χ2n) is 7.63. The molecule has 0 N–H and O–H groups in total. The van der Waals surface area contributed by atoms with Crippen molar-refractivity contribution in [1.82, 2.24) is 9.55 Å². The molecule has 4 aromatic rings. The lowest BCUT2D eigenvalue weighted by Gasteiger charge is -2.14. The minimum absolute atomic E-state index is 0.0723. The number of carbonyl (C=O) groups is 1. The first-order chi connectivity index (χ1) is 15.6. The Bertz CT molecular complexity index is 1440. The fraction of sp³-hybridized carbons (Fsp3) is 0.115. The third kappa shape index (κ3) is 3.54. The van der Waals surface area contributed by atoms with E-state index in [4.69, 9.17) is 4.98 Å². The van der Waals surface area contributed by atoms with E-state index in [1.165, 1.54) is 0 Å². The highest BCUT2D eigenvalue weighted by atomic mass is 127. The molecule has 0 saturated carbocycles. The van der Waals surface area contributed by atoms with E-state index in [0.717, 1.165) is 20.4 Å². The number of carbonyl (C=O) groups excluding carboxylic acids is 1. The Morgan fingerprint density at radius 2 is 1.72 bits per heavy atom. The summed E-state index contributed by atoms with van der Waals surface area (Å²) in [7, 11) is 0. The molecule has 2 heterocycles. The van der Waals surface area contributed by atoms with Crippen LogP contribution in [0.3, 0.4) is 0 Å². The predicted octanol–water partition coefficient (Wildman–Crippen LogP) is 4.96. The van der Waals surface area contributed by atoms with E-state index >= 15 is 0 Å². The maximum atomic E-state index is 13.5. The predicted molar refractivity (Wildman–Crippen MR) is 137 cm³/mol. The van der Waals surface area contributed by atoms with Gasteiger partial charge in [-0.1, -0.05) is 48.5 Å². The van der Waals surface area contributed by atoms with Gasteiger partial charge in [0.1, 0.15) is 5.82 Å². The van der Waals surface area contributed by atoms with Gasteiger partial charge >= 0.3 is 0 Å². The number of amides is 1. The molecule has 158 valence electrons. The SMILES string of the molecule is CCN1C(=O)C(=Cc2nc3ccc(I)cc3c(=O)n2Cc2ccccc2)c2ccccc21. The molecule has 0 aliphatic carbocycles. The van der Waals surface area contributed by atoms with Crippen LogP contribution in [0.15, 0.2) is 77.6 Å². The fourth-order valence-electron chi connectivity index (χ4n) is 4.13. The Kier molecular flexibility index (Phi) is 5.38. The molecule has 32 heavy (non-hydrogen) atoms. The summed E-state index contributed by atoms with van der Waals surface area (Å²) in [6.45, 7) is 2.91. The first kappa shape index (κ1) is 20.6. The third-order valence-corrected chi connectivity index (χ3v) is 6.35. The summed E-state index contributed by atoms with van der Waals surface area (Å²) in [5, 5.41) is 0.573. The summed E-state index contributed by atoms with van der Waals surface area (Å²) in [6, 6.07) is 23.2. The molecule has 1 aliphatic rings. The van der Waals surface area contributed by atoms with Gasteiger partial charge in [-0.2, -0.15) is 0 Å². The molecular formula is C26H20IN3O2. The molecule has 0 bridgehead atoms. The molecule has 3 aromatic carbocycles. The largest absolute Gasteiger partial charge is 0.308 e. The van der Waals surface area contributed by atoms with Crippen molar-refractivity contribution in [3.8, 4) is 0 Å². The summed E-state index contributed by atoms with van der Waals surface area (Å²) in [4.78, 5) is 33.3. The average Bonchev–Trinajstić information content (AvgIpc) is 3.08. The number of rotatable bonds is 4. The topological polar surface area (TPSA) is 55.2 Å². The molecule has 0 spiro atoms. The second kappa shape index (κ2) is 8.35. The zero-order valence-corrected chi connectivity index (χ0v) is 19.6. The molecule has 1 aromatic heterocycles. The number of benzene rings is 3. The van der Waals surface area contributed by atoms with Gasteiger partial charge in [-0.15, -0.1) is 0 Å². The molecule has 0 unspecified atom stereocenters. The molecule has 0 radical (unpaired) electrons. The van der Waals surface area contributed by atoms with Crippen LogP contribution in [-0.2, 0) is 11.3 Å². The number of halogens is 1. The summed E-state index contributed by atoms with van der Waals surface area (Å²) < 4.78 is 2.63. The molecule has 0 atom stereocenters. The van der Waals surface area contributed by atoms with Crippen LogP contribution in [0.4, 0.5) is 5.69 Å². The number of fused-ring (bicyclic) bond motifs is 2. The number of hydrogen-bond acceptors (Lipinski definition) is 3. The maximum Gasteiger partial charge on any atom is 0.261 e. The molecule has 1 aliphatic heterocycles. The van der Waals surface area contributed by atoms with Gasteiger partial charge in [0.2, 0.25) is 0 Å². The van der Waals surface area contributed by atoms with Crippen molar-refractivity contribution in [3.63, 3.8) is 0 Å². The van der Waals surface area contributed by atoms with E-state index in [1.54, 1.807) is 15.5 Å². The van der Waals surface area contributed by atoms with Crippen LogP contribution in [0.2, 0.25) is 0 Å². The first-order valence-corrected chi connectivity index (χ1v) is 11.5. The Morgan fingerprint density at radius 3 is 2.50 bits per heavy atom. The number of anilines is 1. The molecule has 6 heteroatoms. The van der Waals surface area contributed by atoms with Gasteiger partial charge in [-0.3, -0.25) is 14.2 Å². The minimum atomic E-state index is -0.115. The van der Waals surface area contributed by atoms with Crippen LogP contribution < -0.4 is 10.5 Å². The lowest BCUT2D eigenvalue weighted by molar-refractivity contribution is -0.112. The van der Waals surface area contributed by atoms with E-state index in [0.29, 0.717) is 35.4 Å². The van der Waals surface area contributed by atoms with E-state index in [-0.39, 0.29) is 11.5 Å². The quantitative estimate of drug-likeness (QED) is 0.276. The minimum Gasteiger partial charge on any atom is -0.308 e. The van der Waals surface area contributed by atoms with Crippen LogP contribution in [0, 0.1) is 3.57 Å². The molecule has 5 nitrogen and oxygen atoms in total. The molecule has 5 rings (SSSR count). The summed E-state index contributed by atoms with van der Waals surface area (Å²) in [5.74, 6) is 0.403. The third-order valence-electron chi connectivity index (χ3n) is 5.68. The highest BCUT2D eigenvalue weighted by molar-refractivity contribution is 14.1.